The van der Waals surface area contributed by atoms with Crippen LogP contribution in [-0.4, -0.2) is 51.7 Å². The highest BCUT2D eigenvalue weighted by molar-refractivity contribution is 5.88. The lowest BCUT2D eigenvalue weighted by molar-refractivity contribution is -0.150. The van der Waals surface area contributed by atoms with Crippen molar-refractivity contribution in [1.82, 2.24) is 4.90 Å². The van der Waals surface area contributed by atoms with E-state index in [1.807, 2.05) is 0 Å². The number of carbonyl (C=O) groups excluding carboxylic acids is 1. The summed E-state index contributed by atoms with van der Waals surface area (Å²) in [6.07, 6.45) is 1.39. The van der Waals surface area contributed by atoms with E-state index in [0.717, 1.165) is 6.42 Å². The largest absolute Gasteiger partial charge is 0.480 e. The van der Waals surface area contributed by atoms with Crippen molar-refractivity contribution >= 4 is 11.9 Å². The SMILES string of the molecule is N[C@H](CO)C(=O)N1[C@@H]2C[C@@H]2C[C@H]1C(=O)O. The van der Waals surface area contributed by atoms with Crippen LogP contribution in [0.4, 0.5) is 0 Å². The van der Waals surface area contributed by atoms with Crippen molar-refractivity contribution in [2.45, 2.75) is 31.0 Å². The van der Waals surface area contributed by atoms with Gasteiger partial charge in [-0.05, 0) is 18.8 Å². The van der Waals surface area contributed by atoms with Crippen LogP contribution >= 0.6 is 0 Å². The number of fused-ring (bicyclic) bond motifs is 1. The quantitative estimate of drug-likeness (QED) is 0.524. The van der Waals surface area contributed by atoms with Gasteiger partial charge in [-0.3, -0.25) is 4.79 Å². The van der Waals surface area contributed by atoms with Crippen LogP contribution in [0, 0.1) is 5.92 Å². The van der Waals surface area contributed by atoms with Crippen molar-refractivity contribution < 1.29 is 19.8 Å². The van der Waals surface area contributed by atoms with Crippen LogP contribution in [0.25, 0.3) is 0 Å². The number of nitrogens with two attached hydrogens (primary N) is 1. The molecule has 6 nitrogen and oxygen atoms in total. The molecule has 1 aliphatic carbocycles. The van der Waals surface area contributed by atoms with Crippen molar-refractivity contribution in [1.29, 1.82) is 0 Å². The molecule has 0 aromatic rings. The number of likely N-dealkylation sites (tertiary alicyclic amines) is 1. The van der Waals surface area contributed by atoms with Gasteiger partial charge in [0.15, 0.2) is 0 Å². The third kappa shape index (κ3) is 1.59. The van der Waals surface area contributed by atoms with E-state index in [1.54, 1.807) is 0 Å². The first-order valence-corrected chi connectivity index (χ1v) is 4.97. The molecule has 0 aromatic carbocycles. The molecule has 1 heterocycles. The molecule has 0 spiro atoms. The second-order valence-electron chi connectivity index (χ2n) is 4.19. The lowest BCUT2D eigenvalue weighted by Gasteiger charge is -2.26. The molecule has 2 aliphatic rings. The summed E-state index contributed by atoms with van der Waals surface area (Å²) < 4.78 is 0. The number of nitrogens with zero attached hydrogens (tertiary/aromatic N) is 1. The first-order valence-electron chi connectivity index (χ1n) is 4.97. The Morgan fingerprint density at radius 2 is 2.13 bits per heavy atom. The smallest absolute Gasteiger partial charge is 0.326 e. The fraction of sp³-hybridized carbons (Fsp3) is 0.778. The fourth-order valence-corrected chi connectivity index (χ4v) is 2.26. The lowest BCUT2D eigenvalue weighted by Crippen LogP contribution is -2.51. The van der Waals surface area contributed by atoms with Crippen molar-refractivity contribution in [2.75, 3.05) is 6.61 Å². The summed E-state index contributed by atoms with van der Waals surface area (Å²) in [5, 5.41) is 17.7. The normalized spacial score (nSPS) is 34.8. The summed E-state index contributed by atoms with van der Waals surface area (Å²) in [4.78, 5) is 23.9. The zero-order valence-corrected chi connectivity index (χ0v) is 8.17. The lowest BCUT2D eigenvalue weighted by atomic mass is 10.1. The minimum atomic E-state index is -0.994. The maximum Gasteiger partial charge on any atom is 0.326 e. The molecular weight excluding hydrogens is 200 g/mol. The van der Waals surface area contributed by atoms with E-state index < -0.39 is 30.6 Å². The fourth-order valence-electron chi connectivity index (χ4n) is 2.26. The highest BCUT2D eigenvalue weighted by Gasteiger charge is 2.56. The molecule has 1 amide bonds. The van der Waals surface area contributed by atoms with Crippen LogP contribution in [0.3, 0.4) is 0 Å². The highest BCUT2D eigenvalue weighted by Crippen LogP contribution is 2.47. The van der Waals surface area contributed by atoms with Gasteiger partial charge in [-0.1, -0.05) is 0 Å². The van der Waals surface area contributed by atoms with Gasteiger partial charge < -0.3 is 20.8 Å². The molecule has 4 atom stereocenters. The summed E-state index contributed by atoms with van der Waals surface area (Å²) >= 11 is 0. The van der Waals surface area contributed by atoms with E-state index in [-0.39, 0.29) is 6.04 Å². The highest BCUT2D eigenvalue weighted by atomic mass is 16.4. The number of rotatable bonds is 3. The van der Waals surface area contributed by atoms with Gasteiger partial charge in [-0.15, -0.1) is 0 Å². The Hall–Kier alpha value is -1.14. The van der Waals surface area contributed by atoms with Gasteiger partial charge in [0.1, 0.15) is 12.1 Å². The van der Waals surface area contributed by atoms with Crippen LogP contribution < -0.4 is 5.73 Å². The molecule has 2 rings (SSSR count). The number of hydrogen-bond donors (Lipinski definition) is 3. The Kier molecular flexibility index (Phi) is 2.40. The molecule has 0 aromatic heterocycles. The average molecular weight is 214 g/mol. The predicted octanol–water partition coefficient (Wildman–Crippen LogP) is -1.62. The van der Waals surface area contributed by atoms with Crippen LogP contribution in [-0.2, 0) is 9.59 Å². The van der Waals surface area contributed by atoms with Crippen LogP contribution in [0.2, 0.25) is 0 Å². The van der Waals surface area contributed by atoms with Crippen LogP contribution in [0.5, 0.6) is 0 Å². The molecule has 0 unspecified atom stereocenters. The summed E-state index contributed by atoms with van der Waals surface area (Å²) in [7, 11) is 0. The number of piperidine rings is 1. The number of aliphatic carboxylic acids is 1. The van der Waals surface area contributed by atoms with E-state index >= 15 is 0 Å². The molecule has 84 valence electrons. The standard InChI is InChI=1S/C9H14N2O4/c10-5(3-12)8(13)11-6-1-4(6)2-7(11)9(14)15/h4-7,12H,1-3,10H2,(H,14,15)/t4-,5-,6-,7+/m1/s1. The van der Waals surface area contributed by atoms with Crippen molar-refractivity contribution in [3.05, 3.63) is 0 Å². The van der Waals surface area contributed by atoms with E-state index in [1.165, 1.54) is 4.90 Å². The summed E-state index contributed by atoms with van der Waals surface area (Å²) in [6, 6.07) is -1.71. The van der Waals surface area contributed by atoms with Gasteiger partial charge in [0.05, 0.1) is 6.61 Å². The van der Waals surface area contributed by atoms with Crippen molar-refractivity contribution in [3.63, 3.8) is 0 Å². The van der Waals surface area contributed by atoms with E-state index in [4.69, 9.17) is 15.9 Å². The third-order valence-corrected chi connectivity index (χ3v) is 3.16. The molecule has 0 bridgehead atoms. The Labute approximate surface area is 86.7 Å². The second kappa shape index (κ2) is 3.46. The number of aliphatic hydroxyl groups excluding tert-OH is 1. The van der Waals surface area contributed by atoms with Gasteiger partial charge >= 0.3 is 5.97 Å². The molecule has 15 heavy (non-hydrogen) atoms. The average Bonchev–Trinajstić information content (AvgIpc) is 2.87. The number of amides is 1. The van der Waals surface area contributed by atoms with E-state index in [9.17, 15) is 9.59 Å². The third-order valence-electron chi connectivity index (χ3n) is 3.16. The number of hydrogen-bond acceptors (Lipinski definition) is 4. The topological polar surface area (TPSA) is 104 Å². The van der Waals surface area contributed by atoms with Gasteiger partial charge in [-0.25, -0.2) is 4.79 Å². The molecule has 2 fully saturated rings. The number of aliphatic hydroxyl groups is 1. The Morgan fingerprint density at radius 3 is 2.67 bits per heavy atom. The summed E-state index contributed by atoms with van der Waals surface area (Å²) in [5.41, 5.74) is 5.41. The molecular formula is C9H14N2O4. The van der Waals surface area contributed by atoms with Crippen molar-refractivity contribution in [2.24, 2.45) is 11.7 Å². The number of carbonyl (C=O) groups is 2. The zero-order valence-electron chi connectivity index (χ0n) is 8.17. The van der Waals surface area contributed by atoms with Gasteiger partial charge in [0.2, 0.25) is 5.91 Å². The Bertz CT molecular complexity index is 306. The van der Waals surface area contributed by atoms with E-state index in [2.05, 4.69) is 0 Å². The van der Waals surface area contributed by atoms with Gasteiger partial charge in [0.25, 0.3) is 0 Å². The van der Waals surface area contributed by atoms with Gasteiger partial charge in [-0.2, -0.15) is 0 Å². The maximum atomic E-state index is 11.7. The van der Waals surface area contributed by atoms with Crippen LogP contribution in [0.1, 0.15) is 12.8 Å². The predicted molar refractivity (Wildman–Crippen MR) is 49.8 cm³/mol. The van der Waals surface area contributed by atoms with Crippen molar-refractivity contribution in [3.8, 4) is 0 Å². The summed E-state index contributed by atoms with van der Waals surface area (Å²) in [6.45, 7) is -0.445. The Morgan fingerprint density at radius 1 is 1.47 bits per heavy atom. The maximum absolute atomic E-state index is 11.7. The Balaban J connectivity index is 2.11. The molecule has 0 radical (unpaired) electrons. The monoisotopic (exact) mass is 214 g/mol. The van der Waals surface area contributed by atoms with Crippen LogP contribution in [0.15, 0.2) is 0 Å². The van der Waals surface area contributed by atoms with Gasteiger partial charge in [0, 0.05) is 6.04 Å². The molecule has 1 saturated heterocycles. The first-order chi connectivity index (χ1) is 7.06. The van der Waals surface area contributed by atoms with E-state index in [0.29, 0.717) is 12.3 Å². The minimum absolute atomic E-state index is 0.0381. The molecule has 6 heteroatoms. The summed E-state index contributed by atoms with van der Waals surface area (Å²) in [5.74, 6) is -1.11. The number of carboxylic acids is 1. The molecule has 1 aliphatic heterocycles. The first kappa shape index (κ1) is 10.4. The number of carboxylic acid groups (broad SMARTS) is 1. The zero-order chi connectivity index (χ0) is 11.2. The molecule has 1 saturated carbocycles. The molecule has 4 N–H and O–H groups in total. The minimum Gasteiger partial charge on any atom is -0.480 e. The second-order valence-corrected chi connectivity index (χ2v) is 4.19.